The second kappa shape index (κ2) is 4.85. The van der Waals surface area contributed by atoms with Gasteiger partial charge in [-0.25, -0.2) is 4.98 Å². The van der Waals surface area contributed by atoms with Crippen molar-refractivity contribution in [2.24, 2.45) is 11.1 Å². The maximum absolute atomic E-state index is 6.06. The summed E-state index contributed by atoms with van der Waals surface area (Å²) in [6.45, 7) is 6.46. The molecule has 18 heavy (non-hydrogen) atoms. The highest BCUT2D eigenvalue weighted by atomic mass is 16.5. The molecular weight excluding hydrogens is 232 g/mol. The molecule has 2 aromatic heterocycles. The van der Waals surface area contributed by atoms with Crippen LogP contribution in [0.3, 0.4) is 0 Å². The third kappa shape index (κ3) is 3.36. The summed E-state index contributed by atoms with van der Waals surface area (Å²) in [5.74, 6) is 1.43. The van der Waals surface area contributed by atoms with E-state index in [-0.39, 0.29) is 11.5 Å². The van der Waals surface area contributed by atoms with E-state index in [1.807, 2.05) is 0 Å². The molecule has 2 aromatic rings. The van der Waals surface area contributed by atoms with Gasteiger partial charge in [0.25, 0.3) is 0 Å². The second-order valence-corrected chi connectivity index (χ2v) is 5.57. The van der Waals surface area contributed by atoms with E-state index < -0.39 is 0 Å². The minimum atomic E-state index is 0.00743. The number of hydrogen-bond acceptors (Lipinski definition) is 6. The Labute approximate surface area is 105 Å². The van der Waals surface area contributed by atoms with Gasteiger partial charge in [-0.05, 0) is 11.8 Å². The molecule has 0 aliphatic carbocycles. The summed E-state index contributed by atoms with van der Waals surface area (Å²) in [5.41, 5.74) is 6.24. The molecule has 0 aromatic carbocycles. The van der Waals surface area contributed by atoms with E-state index >= 15 is 0 Å². The monoisotopic (exact) mass is 250 g/mol. The number of rotatable bonds is 4. The van der Waals surface area contributed by atoms with E-state index in [9.17, 15) is 0 Å². The van der Waals surface area contributed by atoms with Crippen LogP contribution in [0.1, 0.15) is 33.1 Å². The lowest BCUT2D eigenvalue weighted by atomic mass is 9.87. The first-order valence-corrected chi connectivity index (χ1v) is 5.88. The van der Waals surface area contributed by atoms with Crippen molar-refractivity contribution in [1.82, 2.24) is 25.3 Å². The van der Waals surface area contributed by atoms with Gasteiger partial charge in [0.1, 0.15) is 6.33 Å². The summed E-state index contributed by atoms with van der Waals surface area (Å²) >= 11 is 0. The maximum Gasteiger partial charge on any atom is 0.239 e. The zero-order chi connectivity index (χ0) is 13.2. The van der Waals surface area contributed by atoms with E-state index in [0.29, 0.717) is 24.0 Å². The van der Waals surface area contributed by atoms with Crippen LogP contribution in [-0.4, -0.2) is 31.4 Å². The van der Waals surface area contributed by atoms with Crippen molar-refractivity contribution >= 4 is 0 Å². The van der Waals surface area contributed by atoms with Crippen LogP contribution in [0.2, 0.25) is 0 Å². The number of H-pyrrole nitrogens is 1. The number of nitrogens with zero attached hydrogens (tertiary/aromatic N) is 4. The van der Waals surface area contributed by atoms with E-state index in [1.54, 1.807) is 0 Å². The summed E-state index contributed by atoms with van der Waals surface area (Å²) in [4.78, 5) is 8.19. The number of aromatic amines is 1. The fourth-order valence-electron chi connectivity index (χ4n) is 1.83. The van der Waals surface area contributed by atoms with Crippen molar-refractivity contribution in [3.8, 4) is 11.6 Å². The van der Waals surface area contributed by atoms with Crippen LogP contribution in [-0.2, 0) is 6.42 Å². The minimum Gasteiger partial charge on any atom is -0.339 e. The smallest absolute Gasteiger partial charge is 0.239 e. The normalized spacial score (nSPS) is 13.8. The van der Waals surface area contributed by atoms with Crippen molar-refractivity contribution < 1.29 is 4.52 Å². The lowest BCUT2D eigenvalue weighted by molar-refractivity contribution is 0.313. The van der Waals surface area contributed by atoms with Crippen molar-refractivity contribution in [1.29, 1.82) is 0 Å². The number of aromatic nitrogens is 5. The molecule has 7 nitrogen and oxygen atoms in total. The maximum atomic E-state index is 6.06. The Hall–Kier alpha value is -1.76. The Morgan fingerprint density at radius 2 is 2.22 bits per heavy atom. The van der Waals surface area contributed by atoms with Gasteiger partial charge in [0, 0.05) is 12.5 Å². The topological polar surface area (TPSA) is 107 Å². The van der Waals surface area contributed by atoms with E-state index in [2.05, 4.69) is 46.1 Å². The van der Waals surface area contributed by atoms with Crippen LogP contribution in [0.15, 0.2) is 10.9 Å². The Kier molecular flexibility index (Phi) is 3.42. The third-order valence-electron chi connectivity index (χ3n) is 2.41. The largest absolute Gasteiger partial charge is 0.339 e. The molecule has 0 amide bonds. The molecule has 0 saturated heterocycles. The molecule has 2 rings (SSSR count). The first-order chi connectivity index (χ1) is 8.44. The van der Waals surface area contributed by atoms with Gasteiger partial charge in [0.05, 0.1) is 0 Å². The van der Waals surface area contributed by atoms with Crippen molar-refractivity contribution in [2.75, 3.05) is 0 Å². The highest BCUT2D eigenvalue weighted by molar-refractivity contribution is 5.39. The summed E-state index contributed by atoms with van der Waals surface area (Å²) in [5, 5.41) is 10.2. The summed E-state index contributed by atoms with van der Waals surface area (Å²) < 4.78 is 5.14. The van der Waals surface area contributed by atoms with Gasteiger partial charge in [-0.2, -0.15) is 10.1 Å². The molecule has 0 saturated carbocycles. The van der Waals surface area contributed by atoms with E-state index in [1.165, 1.54) is 6.33 Å². The van der Waals surface area contributed by atoms with Gasteiger partial charge in [0.15, 0.2) is 5.82 Å². The molecule has 1 atom stereocenters. The molecule has 0 spiro atoms. The third-order valence-corrected chi connectivity index (χ3v) is 2.41. The molecule has 0 radical (unpaired) electrons. The predicted octanol–water partition coefficient (Wildman–Crippen LogP) is 1.16. The van der Waals surface area contributed by atoms with Gasteiger partial charge in [-0.1, -0.05) is 25.9 Å². The van der Waals surface area contributed by atoms with Gasteiger partial charge in [0.2, 0.25) is 11.7 Å². The fourth-order valence-corrected chi connectivity index (χ4v) is 1.83. The molecule has 0 bridgehead atoms. The highest BCUT2D eigenvalue weighted by Gasteiger charge is 2.19. The average Bonchev–Trinajstić information content (AvgIpc) is 2.82. The van der Waals surface area contributed by atoms with Gasteiger partial charge in [-0.3, -0.25) is 5.10 Å². The Bertz CT molecular complexity index is 484. The minimum absolute atomic E-state index is 0.00743. The predicted molar refractivity (Wildman–Crippen MR) is 65.4 cm³/mol. The molecular formula is C11H18N6O. The van der Waals surface area contributed by atoms with Gasteiger partial charge in [-0.15, -0.1) is 0 Å². The molecule has 0 aliphatic rings. The lowest BCUT2D eigenvalue weighted by Gasteiger charge is -2.21. The molecule has 98 valence electrons. The molecule has 0 fully saturated rings. The zero-order valence-electron chi connectivity index (χ0n) is 10.8. The second-order valence-electron chi connectivity index (χ2n) is 5.57. The molecule has 0 aliphatic heterocycles. The molecule has 7 heteroatoms. The number of nitrogens with two attached hydrogens (primary N) is 1. The zero-order valence-corrected chi connectivity index (χ0v) is 10.8. The quantitative estimate of drug-likeness (QED) is 0.843. The van der Waals surface area contributed by atoms with Crippen molar-refractivity contribution in [3.63, 3.8) is 0 Å². The molecule has 3 N–H and O–H groups in total. The summed E-state index contributed by atoms with van der Waals surface area (Å²) in [7, 11) is 0. The molecule has 1 unspecified atom stereocenters. The van der Waals surface area contributed by atoms with Crippen molar-refractivity contribution in [3.05, 3.63) is 12.2 Å². The lowest BCUT2D eigenvalue weighted by Crippen LogP contribution is -2.28. The Morgan fingerprint density at radius 1 is 1.44 bits per heavy atom. The number of hydrogen-bond donors (Lipinski definition) is 2. The van der Waals surface area contributed by atoms with Crippen LogP contribution < -0.4 is 5.73 Å². The fraction of sp³-hybridized carbons (Fsp3) is 0.636. The first kappa shape index (κ1) is 12.7. The molecule has 2 heterocycles. The van der Waals surface area contributed by atoms with Crippen molar-refractivity contribution in [2.45, 2.75) is 39.7 Å². The van der Waals surface area contributed by atoms with E-state index in [4.69, 9.17) is 10.3 Å². The standard InChI is InChI=1S/C11H18N6O/c1-11(2,3)5-7(12)4-8-15-10(17-18-8)9-13-6-14-16-9/h6-7H,4-5,12H2,1-3H3,(H,13,14,16). The summed E-state index contributed by atoms with van der Waals surface area (Å²) in [6, 6.07) is 0.00743. The Morgan fingerprint density at radius 3 is 2.83 bits per heavy atom. The highest BCUT2D eigenvalue weighted by Crippen LogP contribution is 2.21. The van der Waals surface area contributed by atoms with E-state index in [0.717, 1.165) is 6.42 Å². The van der Waals surface area contributed by atoms with Crippen LogP contribution in [0, 0.1) is 5.41 Å². The number of nitrogens with one attached hydrogen (secondary N) is 1. The van der Waals surface area contributed by atoms with Crippen LogP contribution in [0.25, 0.3) is 11.6 Å². The van der Waals surface area contributed by atoms with Crippen LogP contribution >= 0.6 is 0 Å². The van der Waals surface area contributed by atoms with Crippen LogP contribution in [0.4, 0.5) is 0 Å². The van der Waals surface area contributed by atoms with Crippen LogP contribution in [0.5, 0.6) is 0 Å². The average molecular weight is 250 g/mol. The first-order valence-electron chi connectivity index (χ1n) is 5.88. The van der Waals surface area contributed by atoms with Gasteiger partial charge < -0.3 is 10.3 Å². The van der Waals surface area contributed by atoms with Gasteiger partial charge >= 0.3 is 0 Å². The summed E-state index contributed by atoms with van der Waals surface area (Å²) in [6.07, 6.45) is 2.86. The SMILES string of the molecule is CC(C)(C)CC(N)Cc1nc(-c2ncn[nH]2)no1. The Balaban J connectivity index is 1.99.